The van der Waals surface area contributed by atoms with Crippen molar-refractivity contribution in [2.24, 2.45) is 5.10 Å². The van der Waals surface area contributed by atoms with Gasteiger partial charge in [-0.3, -0.25) is 9.59 Å². The van der Waals surface area contributed by atoms with Crippen molar-refractivity contribution in [1.29, 1.82) is 0 Å². The van der Waals surface area contributed by atoms with Gasteiger partial charge in [0.15, 0.2) is 11.5 Å². The van der Waals surface area contributed by atoms with E-state index in [1.54, 1.807) is 66.7 Å². The van der Waals surface area contributed by atoms with Gasteiger partial charge in [-0.15, -0.1) is 0 Å². The summed E-state index contributed by atoms with van der Waals surface area (Å²) in [7, 11) is 2.89. The first-order valence-electron chi connectivity index (χ1n) is 9.74. The lowest BCUT2D eigenvalue weighted by molar-refractivity contribution is -0.136. The van der Waals surface area contributed by atoms with Crippen LogP contribution in [0.3, 0.4) is 0 Å². The van der Waals surface area contributed by atoms with Crippen LogP contribution in [0.4, 0.5) is 5.69 Å². The van der Waals surface area contributed by atoms with Gasteiger partial charge in [0.25, 0.3) is 0 Å². The molecule has 168 valence electrons. The predicted molar refractivity (Wildman–Crippen MR) is 122 cm³/mol. The number of nitrogens with one attached hydrogen (secondary N) is 2. The molecule has 0 aliphatic carbocycles. The van der Waals surface area contributed by atoms with Crippen LogP contribution < -0.4 is 25.0 Å². The maximum absolute atomic E-state index is 12.3. The molecule has 0 atom stereocenters. The van der Waals surface area contributed by atoms with Crippen LogP contribution in [0.25, 0.3) is 0 Å². The largest absolute Gasteiger partial charge is 0.495 e. The van der Waals surface area contributed by atoms with Crippen LogP contribution in [0.15, 0.2) is 77.9 Å². The van der Waals surface area contributed by atoms with Crippen molar-refractivity contribution in [2.75, 3.05) is 19.5 Å². The summed E-state index contributed by atoms with van der Waals surface area (Å²) in [6, 6.07) is 20.0. The Hall–Kier alpha value is -4.66. The van der Waals surface area contributed by atoms with E-state index in [9.17, 15) is 14.4 Å². The van der Waals surface area contributed by atoms with Crippen LogP contribution in [0.5, 0.6) is 17.2 Å². The third kappa shape index (κ3) is 6.17. The molecule has 0 radical (unpaired) electrons. The minimum Gasteiger partial charge on any atom is -0.495 e. The average molecular weight is 447 g/mol. The Labute approximate surface area is 190 Å². The molecule has 0 bridgehead atoms. The summed E-state index contributed by atoms with van der Waals surface area (Å²) >= 11 is 0. The molecule has 0 aromatic heterocycles. The zero-order chi connectivity index (χ0) is 23.6. The van der Waals surface area contributed by atoms with Crippen LogP contribution in [0.1, 0.15) is 15.9 Å². The molecule has 0 heterocycles. The summed E-state index contributed by atoms with van der Waals surface area (Å²) in [5.41, 5.74) is 3.44. The van der Waals surface area contributed by atoms with Crippen molar-refractivity contribution in [3.63, 3.8) is 0 Å². The van der Waals surface area contributed by atoms with Gasteiger partial charge in [0.1, 0.15) is 5.75 Å². The molecule has 2 N–H and O–H groups in total. The summed E-state index contributed by atoms with van der Waals surface area (Å²) in [6.45, 7) is 0. The number of carbonyl (C=O) groups excluding carboxylic acids is 3. The van der Waals surface area contributed by atoms with Crippen LogP contribution in [0.2, 0.25) is 0 Å². The zero-order valence-electron chi connectivity index (χ0n) is 17.9. The number of hydrogen-bond acceptors (Lipinski definition) is 7. The normalized spacial score (nSPS) is 10.4. The predicted octanol–water partition coefficient (Wildman–Crippen LogP) is 3.01. The molecule has 9 nitrogen and oxygen atoms in total. The van der Waals surface area contributed by atoms with Crippen LogP contribution in [-0.2, 0) is 9.59 Å². The molecular weight excluding hydrogens is 426 g/mol. The molecular formula is C24H21N3O6. The third-order valence-corrected chi connectivity index (χ3v) is 4.34. The number of esters is 1. The zero-order valence-corrected chi connectivity index (χ0v) is 17.9. The van der Waals surface area contributed by atoms with Crippen LogP contribution >= 0.6 is 0 Å². The van der Waals surface area contributed by atoms with E-state index in [0.29, 0.717) is 28.3 Å². The van der Waals surface area contributed by atoms with E-state index in [4.69, 9.17) is 14.2 Å². The number of para-hydroxylation sites is 2. The van der Waals surface area contributed by atoms with Crippen molar-refractivity contribution in [3.05, 3.63) is 83.9 Å². The second kappa shape index (κ2) is 11.1. The second-order valence-electron chi connectivity index (χ2n) is 6.52. The lowest BCUT2D eigenvalue weighted by Gasteiger charge is -2.10. The molecule has 0 unspecified atom stereocenters. The smallest absolute Gasteiger partial charge is 0.343 e. The molecule has 9 heteroatoms. The van der Waals surface area contributed by atoms with Gasteiger partial charge in [-0.2, -0.15) is 5.10 Å². The highest BCUT2D eigenvalue weighted by Gasteiger charge is 2.15. The van der Waals surface area contributed by atoms with Gasteiger partial charge in [-0.25, -0.2) is 10.2 Å². The number of benzene rings is 3. The molecule has 2 amide bonds. The topological polar surface area (TPSA) is 115 Å². The fourth-order valence-electron chi connectivity index (χ4n) is 2.73. The lowest BCUT2D eigenvalue weighted by atomic mass is 10.2. The van der Waals surface area contributed by atoms with Crippen molar-refractivity contribution < 1.29 is 28.6 Å². The van der Waals surface area contributed by atoms with E-state index >= 15 is 0 Å². The number of rotatable bonds is 7. The van der Waals surface area contributed by atoms with Gasteiger partial charge in [0, 0.05) is 0 Å². The van der Waals surface area contributed by atoms with Gasteiger partial charge in [0.2, 0.25) is 0 Å². The highest BCUT2D eigenvalue weighted by molar-refractivity contribution is 6.39. The maximum atomic E-state index is 12.3. The number of anilines is 1. The van der Waals surface area contributed by atoms with Gasteiger partial charge in [-0.1, -0.05) is 30.3 Å². The minimum absolute atomic E-state index is 0.226. The summed E-state index contributed by atoms with van der Waals surface area (Å²) in [5.74, 6) is -1.45. The fourth-order valence-corrected chi connectivity index (χ4v) is 2.73. The van der Waals surface area contributed by atoms with Crippen LogP contribution in [0, 0.1) is 0 Å². The highest BCUT2D eigenvalue weighted by atomic mass is 16.6. The number of nitrogens with zero attached hydrogens (tertiary/aromatic N) is 1. The number of hydrazone groups is 1. The first-order valence-corrected chi connectivity index (χ1v) is 9.74. The molecule has 0 spiro atoms. The van der Waals surface area contributed by atoms with Crippen LogP contribution in [-0.4, -0.2) is 38.2 Å². The second-order valence-corrected chi connectivity index (χ2v) is 6.52. The molecule has 0 aliphatic heterocycles. The number of ether oxygens (including phenoxy) is 3. The minimum atomic E-state index is -0.961. The van der Waals surface area contributed by atoms with E-state index in [-0.39, 0.29) is 5.75 Å². The monoisotopic (exact) mass is 447 g/mol. The summed E-state index contributed by atoms with van der Waals surface area (Å²) in [5, 5.41) is 6.23. The van der Waals surface area contributed by atoms with Gasteiger partial charge >= 0.3 is 17.8 Å². The van der Waals surface area contributed by atoms with Gasteiger partial charge in [0.05, 0.1) is 31.7 Å². The molecule has 3 aromatic carbocycles. The lowest BCUT2D eigenvalue weighted by Crippen LogP contribution is -2.32. The fraction of sp³-hybridized carbons (Fsp3) is 0.0833. The molecule has 33 heavy (non-hydrogen) atoms. The third-order valence-electron chi connectivity index (χ3n) is 4.34. The summed E-state index contributed by atoms with van der Waals surface area (Å²) in [4.78, 5) is 36.3. The number of amides is 2. The quantitative estimate of drug-likeness (QED) is 0.189. The molecule has 0 fully saturated rings. The number of hydrogen-bond donors (Lipinski definition) is 2. The Kier molecular flexibility index (Phi) is 7.74. The summed E-state index contributed by atoms with van der Waals surface area (Å²) in [6.07, 6.45) is 1.32. The Bertz CT molecular complexity index is 1180. The van der Waals surface area contributed by atoms with Gasteiger partial charge in [-0.05, 0) is 48.0 Å². The van der Waals surface area contributed by atoms with Crippen molar-refractivity contribution in [3.8, 4) is 17.2 Å². The van der Waals surface area contributed by atoms with E-state index in [1.807, 2.05) is 0 Å². The first kappa shape index (κ1) is 23.0. The van der Waals surface area contributed by atoms with Crippen molar-refractivity contribution in [1.82, 2.24) is 5.43 Å². The molecule has 0 aliphatic rings. The standard InChI is InChI=1S/C24H21N3O6/c1-31-19-11-7-6-10-18(19)26-22(28)23(29)27-25-15-16-12-13-20(21(14-16)32-2)33-24(30)17-8-4-3-5-9-17/h3-15H,1-2H3,(H,26,28)(H,27,29)/b25-15-. The van der Waals surface area contributed by atoms with E-state index in [0.717, 1.165) is 0 Å². The molecule has 0 saturated heterocycles. The molecule has 0 saturated carbocycles. The highest BCUT2D eigenvalue weighted by Crippen LogP contribution is 2.28. The van der Waals surface area contributed by atoms with E-state index in [1.165, 1.54) is 26.5 Å². The SMILES string of the molecule is COc1ccccc1NC(=O)C(=O)N/N=C\c1ccc(OC(=O)c2ccccc2)c(OC)c1. The van der Waals surface area contributed by atoms with Gasteiger partial charge < -0.3 is 19.5 Å². The van der Waals surface area contributed by atoms with Crippen molar-refractivity contribution in [2.45, 2.75) is 0 Å². The Morgan fingerprint density at radius 3 is 2.21 bits per heavy atom. The number of carbonyl (C=O) groups is 3. The summed E-state index contributed by atoms with van der Waals surface area (Å²) < 4.78 is 15.8. The number of methoxy groups -OCH3 is 2. The maximum Gasteiger partial charge on any atom is 0.343 e. The Morgan fingerprint density at radius 1 is 0.788 bits per heavy atom. The molecule has 3 rings (SSSR count). The van der Waals surface area contributed by atoms with E-state index < -0.39 is 17.8 Å². The molecule has 3 aromatic rings. The van der Waals surface area contributed by atoms with Crippen molar-refractivity contribution >= 4 is 29.7 Å². The average Bonchev–Trinajstić information content (AvgIpc) is 2.85. The Morgan fingerprint density at radius 2 is 1.48 bits per heavy atom. The van der Waals surface area contributed by atoms with E-state index in [2.05, 4.69) is 15.8 Å². The Balaban J connectivity index is 1.61. The first-order chi connectivity index (χ1) is 16.0.